The highest BCUT2D eigenvalue weighted by atomic mass is 35.5. The number of rotatable bonds is 8. The molecule has 188 valence electrons. The molecule has 0 saturated carbocycles. The SMILES string of the molecule is CC(C)CC(N=S(=O)=O)C(=O)N1CCC[C@H]1C(=O)N(C(=O)N(C)N=O)c1ccn(C=NN)c1.Cl. The normalized spacial score (nSPS) is 16.1. The zero-order valence-electron chi connectivity index (χ0n) is 18.8. The van der Waals surface area contributed by atoms with Crippen LogP contribution in [0.3, 0.4) is 0 Å². The monoisotopic (exact) mass is 518 g/mol. The molecular weight excluding hydrogens is 492 g/mol. The second-order valence-electron chi connectivity index (χ2n) is 7.80. The van der Waals surface area contributed by atoms with Gasteiger partial charge in [0.2, 0.25) is 5.91 Å². The van der Waals surface area contributed by atoms with E-state index in [0.717, 1.165) is 11.9 Å². The molecule has 1 unspecified atom stereocenters. The number of imide groups is 1. The Kier molecular flexibility index (Phi) is 10.8. The Morgan fingerprint density at radius 1 is 1.32 bits per heavy atom. The van der Waals surface area contributed by atoms with Gasteiger partial charge in [0.15, 0.2) is 0 Å². The minimum absolute atomic E-state index is 0. The Labute approximate surface area is 203 Å². The quantitative estimate of drug-likeness (QED) is 0.176. The molecule has 1 saturated heterocycles. The molecule has 1 aliphatic rings. The van der Waals surface area contributed by atoms with E-state index in [9.17, 15) is 27.7 Å². The molecule has 16 heteroatoms. The predicted octanol–water partition coefficient (Wildman–Crippen LogP) is 1.19. The van der Waals surface area contributed by atoms with Gasteiger partial charge in [-0.2, -0.15) is 22.9 Å². The second kappa shape index (κ2) is 12.8. The van der Waals surface area contributed by atoms with Crippen molar-refractivity contribution in [1.29, 1.82) is 0 Å². The molecule has 2 atom stereocenters. The number of urea groups is 1. The molecule has 1 aromatic heterocycles. The fourth-order valence-electron chi connectivity index (χ4n) is 3.56. The lowest BCUT2D eigenvalue weighted by Gasteiger charge is -2.30. The van der Waals surface area contributed by atoms with Crippen LogP contribution in [0.15, 0.2) is 33.2 Å². The smallest absolute Gasteiger partial charge is 0.329 e. The number of nitrogens with zero attached hydrogens (tertiary/aromatic N) is 7. The molecule has 1 fully saturated rings. The Morgan fingerprint density at radius 3 is 2.56 bits per heavy atom. The first-order valence-electron chi connectivity index (χ1n) is 10.1. The number of hydrogen-bond acceptors (Lipinski definition) is 10. The number of nitroso groups, excluding NO2 is 1. The third-order valence-electron chi connectivity index (χ3n) is 4.98. The maximum atomic E-state index is 13.5. The van der Waals surface area contributed by atoms with Gasteiger partial charge in [0, 0.05) is 26.0 Å². The lowest BCUT2D eigenvalue weighted by molar-refractivity contribution is -0.138. The van der Waals surface area contributed by atoms with Gasteiger partial charge >= 0.3 is 16.5 Å². The molecule has 2 rings (SSSR count). The fourth-order valence-corrected chi connectivity index (χ4v) is 3.94. The van der Waals surface area contributed by atoms with Gasteiger partial charge in [0.05, 0.1) is 11.0 Å². The fraction of sp³-hybridized carbons (Fsp3) is 0.556. The maximum absolute atomic E-state index is 13.5. The topological polar surface area (TPSA) is 180 Å². The molecule has 1 aromatic rings. The van der Waals surface area contributed by atoms with Crippen LogP contribution < -0.4 is 10.7 Å². The van der Waals surface area contributed by atoms with Crippen LogP contribution >= 0.6 is 12.4 Å². The summed E-state index contributed by atoms with van der Waals surface area (Å²) >= 11 is 0. The van der Waals surface area contributed by atoms with E-state index < -0.39 is 40.4 Å². The van der Waals surface area contributed by atoms with E-state index in [1.807, 2.05) is 13.8 Å². The van der Waals surface area contributed by atoms with Crippen LogP contribution in [0.1, 0.15) is 33.1 Å². The molecule has 0 radical (unpaired) electrons. The van der Waals surface area contributed by atoms with Gasteiger partial charge in [-0.1, -0.05) is 13.8 Å². The van der Waals surface area contributed by atoms with E-state index in [0.29, 0.717) is 11.4 Å². The number of likely N-dealkylation sites (tertiary alicyclic amines) is 1. The molecular formula is C18H27ClN8O6S. The minimum atomic E-state index is -2.81. The Hall–Kier alpha value is -3.33. The zero-order valence-corrected chi connectivity index (χ0v) is 20.5. The third-order valence-corrected chi connectivity index (χ3v) is 5.41. The lowest BCUT2D eigenvalue weighted by atomic mass is 10.0. The second-order valence-corrected chi connectivity index (χ2v) is 8.45. The summed E-state index contributed by atoms with van der Waals surface area (Å²) in [4.78, 5) is 52.3. The largest absolute Gasteiger partial charge is 0.354 e. The summed E-state index contributed by atoms with van der Waals surface area (Å²) in [6.45, 7) is 3.82. The van der Waals surface area contributed by atoms with E-state index in [2.05, 4.69) is 14.7 Å². The average Bonchev–Trinajstić information content (AvgIpc) is 3.41. The van der Waals surface area contributed by atoms with Gasteiger partial charge in [-0.15, -0.1) is 17.3 Å². The molecule has 0 bridgehead atoms. The van der Waals surface area contributed by atoms with Crippen molar-refractivity contribution in [2.45, 2.75) is 45.2 Å². The standard InChI is InChI=1S/C18H26N8O6S.ClH/c1-12(2)9-14(21-33(31)32)16(27)25-7-4-5-15(25)17(28)26(18(29)23(3)22-30)13-6-8-24(10-13)11-20-19;/h6,8,10-12,14-15H,4-5,7,9,19H2,1-3H3;1H/t14?,15-;/m0./s1. The summed E-state index contributed by atoms with van der Waals surface area (Å²) in [6.07, 6.45) is 4.96. The first kappa shape index (κ1) is 28.7. The summed E-state index contributed by atoms with van der Waals surface area (Å²) in [5.41, 5.74) is 0.101. The van der Waals surface area contributed by atoms with Crippen molar-refractivity contribution in [2.75, 3.05) is 18.5 Å². The highest BCUT2D eigenvalue weighted by molar-refractivity contribution is 7.61. The zero-order chi connectivity index (χ0) is 24.7. The molecule has 4 amide bonds. The predicted molar refractivity (Wildman–Crippen MR) is 126 cm³/mol. The summed E-state index contributed by atoms with van der Waals surface area (Å²) in [6, 6.07) is -1.84. The number of carbonyl (C=O) groups excluding carboxylic acids is 3. The summed E-state index contributed by atoms with van der Waals surface area (Å²) < 4.78 is 27.2. The van der Waals surface area contributed by atoms with Crippen LogP contribution in [-0.2, 0) is 20.1 Å². The first-order valence-corrected chi connectivity index (χ1v) is 11.1. The van der Waals surface area contributed by atoms with Gasteiger partial charge in [0.1, 0.15) is 18.4 Å². The van der Waals surface area contributed by atoms with E-state index in [1.165, 1.54) is 34.3 Å². The molecule has 0 aliphatic carbocycles. The van der Waals surface area contributed by atoms with E-state index in [4.69, 9.17) is 5.84 Å². The van der Waals surface area contributed by atoms with Gasteiger partial charge in [-0.25, -0.2) is 9.69 Å². The first-order chi connectivity index (χ1) is 15.6. The molecule has 2 heterocycles. The number of amides is 4. The van der Waals surface area contributed by atoms with Crippen molar-refractivity contribution in [1.82, 2.24) is 14.5 Å². The van der Waals surface area contributed by atoms with Crippen molar-refractivity contribution in [2.24, 2.45) is 26.5 Å². The summed E-state index contributed by atoms with van der Waals surface area (Å²) in [5, 5.41) is 6.36. The van der Waals surface area contributed by atoms with E-state index in [-0.39, 0.29) is 43.4 Å². The molecule has 14 nitrogen and oxygen atoms in total. The minimum Gasteiger partial charge on any atom is -0.329 e. The number of aromatic nitrogens is 1. The maximum Gasteiger partial charge on any atom is 0.354 e. The van der Waals surface area contributed by atoms with Gasteiger partial charge in [0.25, 0.3) is 5.91 Å². The Balaban J connectivity index is 0.00000578. The van der Waals surface area contributed by atoms with Crippen LogP contribution in [0.25, 0.3) is 0 Å². The number of anilines is 1. The van der Waals surface area contributed by atoms with Gasteiger partial charge in [-0.05, 0) is 31.2 Å². The van der Waals surface area contributed by atoms with E-state index in [1.54, 1.807) is 0 Å². The highest BCUT2D eigenvalue weighted by Crippen LogP contribution is 2.26. The van der Waals surface area contributed by atoms with Crippen LogP contribution in [-0.4, -0.2) is 72.8 Å². The van der Waals surface area contributed by atoms with Crippen LogP contribution in [0.5, 0.6) is 0 Å². The number of nitrogens with two attached hydrogens (primary N) is 1. The van der Waals surface area contributed by atoms with Crippen molar-refractivity contribution in [3.05, 3.63) is 23.4 Å². The van der Waals surface area contributed by atoms with Crippen LogP contribution in [0.2, 0.25) is 0 Å². The van der Waals surface area contributed by atoms with E-state index >= 15 is 0 Å². The number of hydrazone groups is 1. The lowest BCUT2D eigenvalue weighted by Crippen LogP contribution is -2.53. The van der Waals surface area contributed by atoms with Crippen molar-refractivity contribution < 1.29 is 22.8 Å². The summed E-state index contributed by atoms with van der Waals surface area (Å²) in [5.74, 6) is 3.70. The van der Waals surface area contributed by atoms with Crippen molar-refractivity contribution >= 4 is 52.8 Å². The number of hydrogen-bond donors (Lipinski definition) is 1. The molecule has 0 aromatic carbocycles. The number of halogens is 1. The van der Waals surface area contributed by atoms with Gasteiger partial charge < -0.3 is 15.3 Å². The van der Waals surface area contributed by atoms with Gasteiger partial charge in [-0.3, -0.25) is 9.59 Å². The van der Waals surface area contributed by atoms with Crippen LogP contribution in [0, 0.1) is 10.8 Å². The summed E-state index contributed by atoms with van der Waals surface area (Å²) in [7, 11) is -1.72. The molecule has 0 spiro atoms. The third kappa shape index (κ3) is 6.84. The number of carbonyl (C=O) groups is 3. The van der Waals surface area contributed by atoms with Crippen molar-refractivity contribution in [3.8, 4) is 0 Å². The van der Waals surface area contributed by atoms with Crippen LogP contribution in [0.4, 0.5) is 10.5 Å². The highest BCUT2D eigenvalue weighted by Gasteiger charge is 2.42. The average molecular weight is 519 g/mol. The van der Waals surface area contributed by atoms with Crippen molar-refractivity contribution in [3.63, 3.8) is 0 Å². The molecule has 2 N–H and O–H groups in total. The molecule has 1 aliphatic heterocycles. The molecule has 34 heavy (non-hydrogen) atoms. The Morgan fingerprint density at radius 2 is 2.00 bits per heavy atom. The Bertz CT molecular complexity index is 1060.